The predicted octanol–water partition coefficient (Wildman–Crippen LogP) is 2.31. The first-order valence-electron chi connectivity index (χ1n) is 4.03. The zero-order valence-electron chi connectivity index (χ0n) is 6.88. The SMILES string of the molecule is CC1COc2cc(Cl)cnc2C1. The van der Waals surface area contributed by atoms with Gasteiger partial charge in [0.15, 0.2) is 0 Å². The van der Waals surface area contributed by atoms with Crippen molar-refractivity contribution in [2.75, 3.05) is 6.61 Å². The first-order chi connectivity index (χ1) is 5.75. The number of fused-ring (bicyclic) bond motifs is 1. The van der Waals surface area contributed by atoms with Crippen LogP contribution in [0.5, 0.6) is 5.75 Å². The third kappa shape index (κ3) is 1.39. The Morgan fingerprint density at radius 3 is 3.33 bits per heavy atom. The van der Waals surface area contributed by atoms with Crippen LogP contribution in [0.15, 0.2) is 12.3 Å². The van der Waals surface area contributed by atoms with E-state index in [0.717, 1.165) is 24.5 Å². The molecule has 0 aliphatic carbocycles. The number of halogens is 1. The minimum Gasteiger partial charge on any atom is -0.491 e. The lowest BCUT2D eigenvalue weighted by Gasteiger charge is -2.21. The number of nitrogens with zero attached hydrogens (tertiary/aromatic N) is 1. The third-order valence-corrected chi connectivity index (χ3v) is 2.17. The molecule has 0 spiro atoms. The maximum absolute atomic E-state index is 5.77. The minimum absolute atomic E-state index is 0.561. The summed E-state index contributed by atoms with van der Waals surface area (Å²) in [4.78, 5) is 4.21. The highest BCUT2D eigenvalue weighted by Crippen LogP contribution is 2.27. The highest BCUT2D eigenvalue weighted by Gasteiger charge is 2.17. The molecule has 1 aromatic rings. The molecule has 1 atom stereocenters. The van der Waals surface area contributed by atoms with Crippen molar-refractivity contribution in [2.45, 2.75) is 13.3 Å². The molecule has 0 fully saturated rings. The van der Waals surface area contributed by atoms with Gasteiger partial charge in [0, 0.05) is 12.3 Å². The monoisotopic (exact) mass is 183 g/mol. The van der Waals surface area contributed by atoms with E-state index in [4.69, 9.17) is 16.3 Å². The Balaban J connectivity index is 2.37. The van der Waals surface area contributed by atoms with Gasteiger partial charge in [0.25, 0.3) is 0 Å². The highest BCUT2D eigenvalue weighted by molar-refractivity contribution is 6.30. The molecule has 0 saturated carbocycles. The van der Waals surface area contributed by atoms with Crippen LogP contribution in [0.1, 0.15) is 12.6 Å². The van der Waals surface area contributed by atoms with Gasteiger partial charge in [-0.3, -0.25) is 4.98 Å². The summed E-state index contributed by atoms with van der Waals surface area (Å²) in [7, 11) is 0. The normalized spacial score (nSPS) is 21.3. The number of ether oxygens (including phenoxy) is 1. The van der Waals surface area contributed by atoms with Crippen molar-refractivity contribution in [1.29, 1.82) is 0 Å². The first kappa shape index (κ1) is 7.87. The fourth-order valence-corrected chi connectivity index (χ4v) is 1.50. The number of hydrogen-bond acceptors (Lipinski definition) is 2. The van der Waals surface area contributed by atoms with E-state index in [1.165, 1.54) is 0 Å². The molecule has 2 rings (SSSR count). The molecule has 2 nitrogen and oxygen atoms in total. The molecule has 64 valence electrons. The molecule has 12 heavy (non-hydrogen) atoms. The molecule has 1 unspecified atom stereocenters. The number of pyridine rings is 1. The van der Waals surface area contributed by atoms with Crippen molar-refractivity contribution < 1.29 is 4.74 Å². The summed E-state index contributed by atoms with van der Waals surface area (Å²) in [6.07, 6.45) is 2.66. The Kier molecular flexibility index (Phi) is 1.93. The molecule has 1 aliphatic heterocycles. The van der Waals surface area contributed by atoms with Crippen LogP contribution in [0.25, 0.3) is 0 Å². The van der Waals surface area contributed by atoms with Crippen LogP contribution < -0.4 is 4.74 Å². The number of rotatable bonds is 0. The van der Waals surface area contributed by atoms with Crippen LogP contribution in [0.4, 0.5) is 0 Å². The van der Waals surface area contributed by atoms with Gasteiger partial charge in [0.2, 0.25) is 0 Å². The second-order valence-electron chi connectivity index (χ2n) is 3.22. The molecule has 0 radical (unpaired) electrons. The van der Waals surface area contributed by atoms with E-state index in [2.05, 4.69) is 11.9 Å². The minimum atomic E-state index is 0.561. The summed E-state index contributed by atoms with van der Waals surface area (Å²) in [6.45, 7) is 2.92. The summed E-state index contributed by atoms with van der Waals surface area (Å²) >= 11 is 5.77. The maximum Gasteiger partial charge on any atom is 0.142 e. The van der Waals surface area contributed by atoms with Crippen molar-refractivity contribution in [3.05, 3.63) is 23.0 Å². The van der Waals surface area contributed by atoms with Crippen LogP contribution in [-0.2, 0) is 6.42 Å². The lowest BCUT2D eigenvalue weighted by atomic mass is 10.0. The molecule has 0 bridgehead atoms. The molecule has 0 saturated heterocycles. The van der Waals surface area contributed by atoms with Crippen molar-refractivity contribution in [3.8, 4) is 5.75 Å². The third-order valence-electron chi connectivity index (χ3n) is 1.96. The van der Waals surface area contributed by atoms with Crippen LogP contribution in [-0.4, -0.2) is 11.6 Å². The zero-order chi connectivity index (χ0) is 8.55. The van der Waals surface area contributed by atoms with Crippen molar-refractivity contribution in [3.63, 3.8) is 0 Å². The second-order valence-corrected chi connectivity index (χ2v) is 3.66. The van der Waals surface area contributed by atoms with Gasteiger partial charge in [0.05, 0.1) is 17.3 Å². The standard InChI is InChI=1S/C9H10ClNO/c1-6-2-8-9(12-5-6)3-7(10)4-11-8/h3-4,6H,2,5H2,1H3. The van der Waals surface area contributed by atoms with Gasteiger partial charge in [-0.2, -0.15) is 0 Å². The lowest BCUT2D eigenvalue weighted by Crippen LogP contribution is -2.18. The molecule has 1 aliphatic rings. The summed E-state index contributed by atoms with van der Waals surface area (Å²) in [5.74, 6) is 1.41. The van der Waals surface area contributed by atoms with E-state index in [1.54, 1.807) is 6.20 Å². The second kappa shape index (κ2) is 2.94. The molecular formula is C9H10ClNO. The molecule has 1 aromatic heterocycles. The molecule has 3 heteroatoms. The lowest BCUT2D eigenvalue weighted by molar-refractivity contribution is 0.230. The Bertz CT molecular complexity index is 301. The molecular weight excluding hydrogens is 174 g/mol. The van der Waals surface area contributed by atoms with Crippen molar-refractivity contribution in [2.24, 2.45) is 5.92 Å². The Labute approximate surface area is 76.5 Å². The van der Waals surface area contributed by atoms with E-state index in [9.17, 15) is 0 Å². The Morgan fingerprint density at radius 1 is 1.67 bits per heavy atom. The molecule has 0 aromatic carbocycles. The Morgan fingerprint density at radius 2 is 2.50 bits per heavy atom. The van der Waals surface area contributed by atoms with Crippen LogP contribution in [0.3, 0.4) is 0 Å². The van der Waals surface area contributed by atoms with Crippen molar-refractivity contribution in [1.82, 2.24) is 4.98 Å². The van der Waals surface area contributed by atoms with Crippen LogP contribution in [0.2, 0.25) is 5.02 Å². The Hall–Kier alpha value is -0.760. The van der Waals surface area contributed by atoms with E-state index in [1.807, 2.05) is 6.07 Å². The number of aromatic nitrogens is 1. The van der Waals surface area contributed by atoms with Gasteiger partial charge >= 0.3 is 0 Å². The predicted molar refractivity (Wildman–Crippen MR) is 47.6 cm³/mol. The van der Waals surface area contributed by atoms with Crippen LogP contribution >= 0.6 is 11.6 Å². The summed E-state index contributed by atoms with van der Waals surface area (Å²) in [6, 6.07) is 1.83. The topological polar surface area (TPSA) is 22.1 Å². The van der Waals surface area contributed by atoms with Crippen molar-refractivity contribution >= 4 is 11.6 Å². The van der Waals surface area contributed by atoms with Gasteiger partial charge in [-0.15, -0.1) is 0 Å². The van der Waals surface area contributed by atoms with E-state index in [-0.39, 0.29) is 0 Å². The summed E-state index contributed by atoms with van der Waals surface area (Å²) in [5, 5.41) is 0.642. The maximum atomic E-state index is 5.77. The van der Waals surface area contributed by atoms with Crippen LogP contribution in [0, 0.1) is 5.92 Å². The smallest absolute Gasteiger partial charge is 0.142 e. The zero-order valence-corrected chi connectivity index (χ0v) is 7.64. The molecule has 0 amide bonds. The van der Waals surface area contributed by atoms with E-state index < -0.39 is 0 Å². The first-order valence-corrected chi connectivity index (χ1v) is 4.40. The molecule has 0 N–H and O–H groups in total. The summed E-state index contributed by atoms with van der Waals surface area (Å²) < 4.78 is 5.47. The van der Waals surface area contributed by atoms with Gasteiger partial charge in [-0.25, -0.2) is 0 Å². The van der Waals surface area contributed by atoms with Gasteiger partial charge in [-0.05, 0) is 12.3 Å². The van der Waals surface area contributed by atoms with E-state index >= 15 is 0 Å². The average Bonchev–Trinajstić information content (AvgIpc) is 2.05. The number of hydrogen-bond donors (Lipinski definition) is 0. The van der Waals surface area contributed by atoms with E-state index in [0.29, 0.717) is 10.9 Å². The highest BCUT2D eigenvalue weighted by atomic mass is 35.5. The van der Waals surface area contributed by atoms with Gasteiger partial charge < -0.3 is 4.74 Å². The fraction of sp³-hybridized carbons (Fsp3) is 0.444. The van der Waals surface area contributed by atoms with Gasteiger partial charge in [0.1, 0.15) is 5.75 Å². The largest absolute Gasteiger partial charge is 0.491 e. The quantitative estimate of drug-likeness (QED) is 0.616. The summed E-state index contributed by atoms with van der Waals surface area (Å²) in [5.41, 5.74) is 1.03. The fourth-order valence-electron chi connectivity index (χ4n) is 1.35. The average molecular weight is 184 g/mol. The molecule has 2 heterocycles. The van der Waals surface area contributed by atoms with Gasteiger partial charge in [-0.1, -0.05) is 18.5 Å².